The molecule has 234 valence electrons. The maximum atomic E-state index is 13.5. The van der Waals surface area contributed by atoms with Gasteiger partial charge in [0.15, 0.2) is 0 Å². The normalized spacial score (nSPS) is 17.4. The number of carbonyl (C=O) groups excluding carboxylic acids is 1. The lowest BCUT2D eigenvalue weighted by Gasteiger charge is -2.36. The lowest BCUT2D eigenvalue weighted by Crippen LogP contribution is -2.45. The first-order valence-corrected chi connectivity index (χ1v) is 16.6. The number of aliphatic carboxylic acids is 1. The first-order valence-electron chi connectivity index (χ1n) is 14.7. The van der Waals surface area contributed by atoms with Crippen molar-refractivity contribution in [3.63, 3.8) is 0 Å². The SMILES string of the molecule is CN1CCN(c2ccc3c(c2CC(=O)N[C@H](Cc2cc4ccccc4[nH]2)C(=O)O)C=CC3NS(=O)(=O)c2ccc(Cl)cc2)CC1. The number of carbonyl (C=O) groups is 2. The second-order valence-electron chi connectivity index (χ2n) is 11.5. The minimum Gasteiger partial charge on any atom is -0.480 e. The number of hydrogen-bond donors (Lipinski definition) is 4. The van der Waals surface area contributed by atoms with Gasteiger partial charge in [-0.05, 0) is 71.6 Å². The third-order valence-corrected chi connectivity index (χ3v) is 10.1. The summed E-state index contributed by atoms with van der Waals surface area (Å²) < 4.78 is 29.1. The Hall–Kier alpha value is -4.16. The number of H-pyrrole nitrogens is 1. The van der Waals surface area contributed by atoms with Crippen LogP contribution in [0.2, 0.25) is 5.02 Å². The van der Waals surface area contributed by atoms with Crippen LogP contribution in [0.4, 0.5) is 5.69 Å². The highest BCUT2D eigenvalue weighted by Gasteiger charge is 2.30. The number of halogens is 1. The fourth-order valence-corrected chi connectivity index (χ4v) is 7.28. The predicted molar refractivity (Wildman–Crippen MR) is 175 cm³/mol. The number of carboxylic acid groups (broad SMARTS) is 1. The number of para-hydroxylation sites is 1. The fraction of sp³-hybridized carbons (Fsp3) is 0.273. The molecule has 0 bridgehead atoms. The zero-order valence-electron chi connectivity index (χ0n) is 24.7. The molecule has 3 aromatic carbocycles. The van der Waals surface area contributed by atoms with E-state index in [4.69, 9.17) is 11.6 Å². The highest BCUT2D eigenvalue weighted by atomic mass is 35.5. The van der Waals surface area contributed by atoms with E-state index in [2.05, 4.69) is 31.9 Å². The second kappa shape index (κ2) is 12.7. The number of carboxylic acids is 1. The Balaban J connectivity index is 1.26. The van der Waals surface area contributed by atoms with Crippen molar-refractivity contribution in [2.75, 3.05) is 38.1 Å². The van der Waals surface area contributed by atoms with Gasteiger partial charge in [0.1, 0.15) is 6.04 Å². The number of aromatic nitrogens is 1. The molecule has 45 heavy (non-hydrogen) atoms. The highest BCUT2D eigenvalue weighted by Crippen LogP contribution is 2.37. The second-order valence-corrected chi connectivity index (χ2v) is 13.6. The third kappa shape index (κ3) is 6.76. The maximum absolute atomic E-state index is 13.5. The Labute approximate surface area is 266 Å². The largest absolute Gasteiger partial charge is 0.480 e. The predicted octanol–water partition coefficient (Wildman–Crippen LogP) is 3.97. The number of likely N-dealkylation sites (N-methyl/N-ethyl adjacent to an activating group) is 1. The summed E-state index contributed by atoms with van der Waals surface area (Å²) >= 11 is 5.95. The highest BCUT2D eigenvalue weighted by molar-refractivity contribution is 7.89. The van der Waals surface area contributed by atoms with Crippen LogP contribution in [-0.4, -0.2) is 74.6 Å². The Morgan fingerprint density at radius 2 is 1.78 bits per heavy atom. The summed E-state index contributed by atoms with van der Waals surface area (Å²) in [5, 5.41) is 14.1. The molecule has 6 rings (SSSR count). The van der Waals surface area contributed by atoms with Crippen molar-refractivity contribution in [1.82, 2.24) is 19.9 Å². The first-order chi connectivity index (χ1) is 21.6. The molecule has 10 nitrogen and oxygen atoms in total. The van der Waals surface area contributed by atoms with Crippen molar-refractivity contribution in [2.45, 2.75) is 29.8 Å². The minimum absolute atomic E-state index is 0.0671. The molecular weight excluding hydrogens is 614 g/mol. The molecule has 0 spiro atoms. The number of hydrogen-bond acceptors (Lipinski definition) is 6. The van der Waals surface area contributed by atoms with E-state index >= 15 is 0 Å². The van der Waals surface area contributed by atoms with Crippen molar-refractivity contribution >= 4 is 56.2 Å². The van der Waals surface area contributed by atoms with Gasteiger partial charge in [0.25, 0.3) is 0 Å². The summed E-state index contributed by atoms with van der Waals surface area (Å²) in [6, 6.07) is 17.6. The molecule has 0 radical (unpaired) electrons. The van der Waals surface area contributed by atoms with Gasteiger partial charge in [-0.3, -0.25) is 4.79 Å². The lowest BCUT2D eigenvalue weighted by atomic mass is 9.96. The van der Waals surface area contributed by atoms with E-state index in [0.717, 1.165) is 59.5 Å². The number of amides is 1. The summed E-state index contributed by atoms with van der Waals surface area (Å²) in [5.41, 5.74) is 4.70. The third-order valence-electron chi connectivity index (χ3n) is 8.39. The number of sulfonamides is 1. The van der Waals surface area contributed by atoms with E-state index in [1.807, 2.05) is 48.5 Å². The molecule has 4 aromatic rings. The van der Waals surface area contributed by atoms with Gasteiger partial charge >= 0.3 is 5.97 Å². The van der Waals surface area contributed by atoms with Crippen LogP contribution in [-0.2, 0) is 32.5 Å². The van der Waals surface area contributed by atoms with Gasteiger partial charge in [-0.2, -0.15) is 4.72 Å². The number of anilines is 1. The van der Waals surface area contributed by atoms with Crippen LogP contribution in [0.3, 0.4) is 0 Å². The standard InChI is InChI=1S/C33H34ClN5O5S/c1-38-14-16-39(17-15-38)31-13-11-26-25(10-12-29(26)37-45(43,44)24-8-6-22(34)7-9-24)27(31)20-32(40)36-30(33(41)42)19-23-18-21-4-2-3-5-28(21)35-23/h2-13,18,29-30,35,37H,14-17,19-20H2,1H3,(H,36,40)(H,41,42)/t29?,30-/m1/s1. The number of piperazine rings is 1. The number of fused-ring (bicyclic) bond motifs is 2. The van der Waals surface area contributed by atoms with E-state index in [1.54, 1.807) is 6.08 Å². The lowest BCUT2D eigenvalue weighted by molar-refractivity contribution is -0.141. The molecule has 4 N–H and O–H groups in total. The molecule has 1 aliphatic heterocycles. The summed E-state index contributed by atoms with van der Waals surface area (Å²) in [4.78, 5) is 33.6. The van der Waals surface area contributed by atoms with E-state index < -0.39 is 34.0 Å². The van der Waals surface area contributed by atoms with Crippen molar-refractivity contribution < 1.29 is 23.1 Å². The first kappa shape index (κ1) is 30.8. The molecule has 1 saturated heterocycles. The summed E-state index contributed by atoms with van der Waals surface area (Å²) in [6.07, 6.45) is 3.64. The summed E-state index contributed by atoms with van der Waals surface area (Å²) in [5.74, 6) is -1.56. The van der Waals surface area contributed by atoms with Crippen molar-refractivity contribution in [3.05, 3.63) is 100 Å². The van der Waals surface area contributed by atoms with Crippen LogP contribution in [0, 0.1) is 0 Å². The van der Waals surface area contributed by atoms with Crippen LogP contribution in [0.15, 0.2) is 77.7 Å². The van der Waals surface area contributed by atoms with E-state index in [0.29, 0.717) is 10.7 Å². The molecule has 2 atom stereocenters. The Kier molecular flexibility index (Phi) is 8.69. The number of benzene rings is 3. The monoisotopic (exact) mass is 647 g/mol. The summed E-state index contributed by atoms with van der Waals surface area (Å²) in [7, 11) is -1.80. The quantitative estimate of drug-likeness (QED) is 0.205. The molecule has 12 heteroatoms. The van der Waals surface area contributed by atoms with Crippen molar-refractivity contribution in [2.24, 2.45) is 0 Å². The van der Waals surface area contributed by atoms with E-state index in [1.165, 1.54) is 24.3 Å². The van der Waals surface area contributed by atoms with Gasteiger partial charge in [0.2, 0.25) is 15.9 Å². The van der Waals surface area contributed by atoms with E-state index in [9.17, 15) is 23.1 Å². The molecule has 1 amide bonds. The van der Waals surface area contributed by atoms with Gasteiger partial charge in [-0.15, -0.1) is 0 Å². The van der Waals surface area contributed by atoms with Crippen molar-refractivity contribution in [3.8, 4) is 0 Å². The molecule has 1 fully saturated rings. The van der Waals surface area contributed by atoms with Gasteiger partial charge in [-0.1, -0.05) is 48.0 Å². The molecule has 0 saturated carbocycles. The number of nitrogens with zero attached hydrogens (tertiary/aromatic N) is 2. The van der Waals surface area contributed by atoms with Gasteiger partial charge in [-0.25, -0.2) is 13.2 Å². The molecule has 2 heterocycles. The zero-order chi connectivity index (χ0) is 31.7. The Bertz CT molecular complexity index is 1850. The topological polar surface area (TPSA) is 135 Å². The van der Waals surface area contributed by atoms with Crippen molar-refractivity contribution in [1.29, 1.82) is 0 Å². The number of rotatable bonds is 10. The molecule has 1 aromatic heterocycles. The van der Waals surface area contributed by atoms with Crippen LogP contribution in [0.25, 0.3) is 17.0 Å². The Morgan fingerprint density at radius 3 is 2.49 bits per heavy atom. The van der Waals surface area contributed by atoms with Crippen LogP contribution in [0.5, 0.6) is 0 Å². The number of nitrogens with one attached hydrogen (secondary N) is 3. The molecular formula is C33H34ClN5O5S. The maximum Gasteiger partial charge on any atom is 0.326 e. The number of aromatic amines is 1. The van der Waals surface area contributed by atoms with Gasteiger partial charge in [0, 0.05) is 54.5 Å². The molecule has 1 unspecified atom stereocenters. The van der Waals surface area contributed by atoms with Gasteiger partial charge in [0.05, 0.1) is 17.4 Å². The van der Waals surface area contributed by atoms with Crippen LogP contribution < -0.4 is 14.9 Å². The van der Waals surface area contributed by atoms with Crippen LogP contribution in [0.1, 0.15) is 28.4 Å². The summed E-state index contributed by atoms with van der Waals surface area (Å²) in [6.45, 7) is 3.23. The fourth-order valence-electron chi connectivity index (χ4n) is 5.99. The smallest absolute Gasteiger partial charge is 0.326 e. The van der Waals surface area contributed by atoms with Gasteiger partial charge < -0.3 is 25.2 Å². The average Bonchev–Trinajstić information content (AvgIpc) is 3.61. The van der Waals surface area contributed by atoms with E-state index in [-0.39, 0.29) is 17.7 Å². The minimum atomic E-state index is -3.86. The average molecular weight is 648 g/mol. The Morgan fingerprint density at radius 1 is 1.04 bits per heavy atom. The van der Waals surface area contributed by atoms with Crippen LogP contribution >= 0.6 is 11.6 Å². The molecule has 1 aliphatic carbocycles. The molecule has 2 aliphatic rings. The zero-order valence-corrected chi connectivity index (χ0v) is 26.2.